The zero-order valence-corrected chi connectivity index (χ0v) is 16.3. The molecule has 2 aromatic carbocycles. The van der Waals surface area contributed by atoms with Gasteiger partial charge in [0.2, 0.25) is 10.0 Å². The standard InChI is InChI=1S/C19H18N4O4S/c1-20-28(25,26)14-8-9-17-15(10-14)18-16(11-22(2)21-18)19(24)23(17)12-4-6-13(27-3)7-5-12/h4-11,20H,1-3H3. The third-order valence-electron chi connectivity index (χ3n) is 4.64. The first-order chi connectivity index (χ1) is 13.4. The molecule has 0 spiro atoms. The lowest BCUT2D eigenvalue weighted by atomic mass is 10.1. The second kappa shape index (κ2) is 6.47. The Labute approximate surface area is 161 Å². The van der Waals surface area contributed by atoms with Crippen molar-refractivity contribution in [1.82, 2.24) is 19.1 Å². The predicted molar refractivity (Wildman–Crippen MR) is 107 cm³/mol. The smallest absolute Gasteiger partial charge is 0.266 e. The summed E-state index contributed by atoms with van der Waals surface area (Å²) < 4.78 is 35.1. The maximum absolute atomic E-state index is 13.2. The number of sulfonamides is 1. The van der Waals surface area contributed by atoms with E-state index in [0.29, 0.717) is 33.2 Å². The number of fused-ring (bicyclic) bond motifs is 3. The van der Waals surface area contributed by atoms with E-state index in [1.807, 2.05) is 0 Å². The minimum absolute atomic E-state index is 0.106. The molecule has 0 aliphatic carbocycles. The zero-order chi connectivity index (χ0) is 20.1. The Balaban J connectivity index is 2.14. The van der Waals surface area contributed by atoms with Crippen molar-refractivity contribution in [2.24, 2.45) is 7.05 Å². The van der Waals surface area contributed by atoms with Crippen molar-refractivity contribution in [1.29, 1.82) is 0 Å². The summed E-state index contributed by atoms with van der Waals surface area (Å²) in [5.74, 6) is 0.672. The number of hydrogen-bond donors (Lipinski definition) is 1. The molecule has 0 unspecified atom stereocenters. The van der Waals surface area contributed by atoms with E-state index in [9.17, 15) is 13.2 Å². The SMILES string of the molecule is CNS(=O)(=O)c1ccc2c(c1)c1nn(C)cc1c(=O)n2-c1ccc(OC)cc1. The Kier molecular flexibility index (Phi) is 4.20. The number of methoxy groups -OCH3 is 1. The third kappa shape index (κ3) is 2.76. The summed E-state index contributed by atoms with van der Waals surface area (Å²) in [7, 11) is 1.01. The van der Waals surface area contributed by atoms with Crippen LogP contribution in [0, 0.1) is 0 Å². The molecule has 0 radical (unpaired) electrons. The lowest BCUT2D eigenvalue weighted by molar-refractivity contribution is 0.415. The van der Waals surface area contributed by atoms with Gasteiger partial charge in [-0.1, -0.05) is 0 Å². The van der Waals surface area contributed by atoms with Crippen molar-refractivity contribution >= 4 is 31.8 Å². The molecule has 144 valence electrons. The first-order valence-corrected chi connectivity index (χ1v) is 9.94. The number of rotatable bonds is 4. The lowest BCUT2D eigenvalue weighted by Gasteiger charge is -2.13. The minimum Gasteiger partial charge on any atom is -0.497 e. The average Bonchev–Trinajstić information content (AvgIpc) is 3.10. The summed E-state index contributed by atoms with van der Waals surface area (Å²) in [6, 6.07) is 11.7. The molecule has 4 aromatic rings. The number of nitrogens with zero attached hydrogens (tertiary/aromatic N) is 3. The molecule has 2 heterocycles. The molecular formula is C19H18N4O4S. The van der Waals surface area contributed by atoms with Crippen LogP contribution in [0.25, 0.3) is 27.5 Å². The highest BCUT2D eigenvalue weighted by molar-refractivity contribution is 7.89. The Morgan fingerprint density at radius 3 is 2.43 bits per heavy atom. The molecule has 0 aliphatic rings. The van der Waals surface area contributed by atoms with Crippen molar-refractivity contribution in [2.75, 3.05) is 14.2 Å². The molecule has 0 saturated carbocycles. The summed E-state index contributed by atoms with van der Waals surface area (Å²) >= 11 is 0. The van der Waals surface area contributed by atoms with Crippen molar-refractivity contribution < 1.29 is 13.2 Å². The molecule has 0 atom stereocenters. The van der Waals surface area contributed by atoms with Crippen LogP contribution in [0.4, 0.5) is 0 Å². The first kappa shape index (κ1) is 18.2. The van der Waals surface area contributed by atoms with Crippen molar-refractivity contribution in [3.05, 3.63) is 59.0 Å². The maximum Gasteiger partial charge on any atom is 0.266 e. The molecule has 8 nitrogen and oxygen atoms in total. The van der Waals surface area contributed by atoms with Crippen LogP contribution in [0.2, 0.25) is 0 Å². The normalized spacial score (nSPS) is 12.0. The maximum atomic E-state index is 13.2. The average molecular weight is 398 g/mol. The summed E-state index contributed by atoms with van der Waals surface area (Å²) in [5, 5.41) is 5.36. The van der Waals surface area contributed by atoms with Crippen LogP contribution in [0.15, 0.2) is 58.4 Å². The largest absolute Gasteiger partial charge is 0.497 e. The van der Waals surface area contributed by atoms with E-state index in [0.717, 1.165) is 0 Å². The fourth-order valence-corrected chi connectivity index (χ4v) is 4.00. The topological polar surface area (TPSA) is 95.2 Å². The van der Waals surface area contributed by atoms with Gasteiger partial charge in [-0.05, 0) is 49.5 Å². The van der Waals surface area contributed by atoms with Gasteiger partial charge < -0.3 is 4.74 Å². The van der Waals surface area contributed by atoms with E-state index >= 15 is 0 Å². The molecule has 28 heavy (non-hydrogen) atoms. The molecule has 1 N–H and O–H groups in total. The van der Waals surface area contributed by atoms with E-state index in [2.05, 4.69) is 9.82 Å². The lowest BCUT2D eigenvalue weighted by Crippen LogP contribution is -2.20. The predicted octanol–water partition coefficient (Wildman–Crippen LogP) is 1.79. The number of nitrogens with one attached hydrogen (secondary N) is 1. The quantitative estimate of drug-likeness (QED) is 0.566. The highest BCUT2D eigenvalue weighted by Crippen LogP contribution is 2.27. The van der Waals surface area contributed by atoms with Gasteiger partial charge in [0.1, 0.15) is 11.3 Å². The van der Waals surface area contributed by atoms with Crippen LogP contribution < -0.4 is 15.0 Å². The molecule has 0 aliphatic heterocycles. The van der Waals surface area contributed by atoms with Crippen LogP contribution in [-0.4, -0.2) is 36.9 Å². The van der Waals surface area contributed by atoms with Gasteiger partial charge in [0.15, 0.2) is 0 Å². The molecular weight excluding hydrogens is 380 g/mol. The van der Waals surface area contributed by atoms with Gasteiger partial charge in [0.05, 0.1) is 22.9 Å². The summed E-state index contributed by atoms with van der Waals surface area (Å²) in [6.07, 6.45) is 1.64. The highest BCUT2D eigenvalue weighted by Gasteiger charge is 2.18. The van der Waals surface area contributed by atoms with Crippen LogP contribution >= 0.6 is 0 Å². The minimum atomic E-state index is -3.64. The van der Waals surface area contributed by atoms with Crippen molar-refractivity contribution in [3.63, 3.8) is 0 Å². The monoisotopic (exact) mass is 398 g/mol. The number of aromatic nitrogens is 3. The van der Waals surface area contributed by atoms with Crippen LogP contribution in [0.5, 0.6) is 5.75 Å². The molecule has 4 rings (SSSR count). The molecule has 0 bridgehead atoms. The first-order valence-electron chi connectivity index (χ1n) is 8.46. The summed E-state index contributed by atoms with van der Waals surface area (Å²) in [6.45, 7) is 0. The Hall–Kier alpha value is -3.17. The van der Waals surface area contributed by atoms with Gasteiger partial charge in [-0.15, -0.1) is 0 Å². The van der Waals surface area contributed by atoms with Gasteiger partial charge >= 0.3 is 0 Å². The Morgan fingerprint density at radius 1 is 1.07 bits per heavy atom. The van der Waals surface area contributed by atoms with Gasteiger partial charge in [0, 0.05) is 24.3 Å². The van der Waals surface area contributed by atoms with Crippen molar-refractivity contribution in [3.8, 4) is 11.4 Å². The number of benzene rings is 2. The second-order valence-corrected chi connectivity index (χ2v) is 8.18. The van der Waals surface area contributed by atoms with E-state index in [1.165, 1.54) is 19.2 Å². The molecule has 2 aromatic heterocycles. The highest BCUT2D eigenvalue weighted by atomic mass is 32.2. The summed E-state index contributed by atoms with van der Waals surface area (Å²) in [5.41, 5.74) is 1.44. The zero-order valence-electron chi connectivity index (χ0n) is 15.5. The number of ether oxygens (including phenoxy) is 1. The molecule has 0 saturated heterocycles. The van der Waals surface area contributed by atoms with E-state index in [1.54, 1.807) is 59.9 Å². The van der Waals surface area contributed by atoms with E-state index < -0.39 is 10.0 Å². The van der Waals surface area contributed by atoms with E-state index in [4.69, 9.17) is 4.74 Å². The molecule has 0 fully saturated rings. The van der Waals surface area contributed by atoms with Crippen LogP contribution in [0.3, 0.4) is 0 Å². The fourth-order valence-electron chi connectivity index (χ4n) is 3.25. The second-order valence-electron chi connectivity index (χ2n) is 6.29. The Morgan fingerprint density at radius 2 is 1.79 bits per heavy atom. The molecule has 0 amide bonds. The van der Waals surface area contributed by atoms with Gasteiger partial charge in [-0.2, -0.15) is 5.10 Å². The van der Waals surface area contributed by atoms with Gasteiger partial charge in [0.25, 0.3) is 5.56 Å². The number of aryl methyl sites for hydroxylation is 1. The number of pyridine rings is 1. The molecule has 9 heteroatoms. The Bertz CT molecular complexity index is 1370. The van der Waals surface area contributed by atoms with E-state index in [-0.39, 0.29) is 10.5 Å². The van der Waals surface area contributed by atoms with Gasteiger partial charge in [-0.3, -0.25) is 14.0 Å². The number of hydrogen-bond acceptors (Lipinski definition) is 5. The third-order valence-corrected chi connectivity index (χ3v) is 6.05. The van der Waals surface area contributed by atoms with Gasteiger partial charge in [-0.25, -0.2) is 13.1 Å². The summed E-state index contributed by atoms with van der Waals surface area (Å²) in [4.78, 5) is 13.3. The fraction of sp³-hybridized carbons (Fsp3) is 0.158. The van der Waals surface area contributed by atoms with Crippen LogP contribution in [-0.2, 0) is 17.1 Å². The van der Waals surface area contributed by atoms with Crippen LogP contribution in [0.1, 0.15) is 0 Å². The van der Waals surface area contributed by atoms with Crippen molar-refractivity contribution in [2.45, 2.75) is 4.90 Å².